The minimum atomic E-state index is -3.61. The first-order chi connectivity index (χ1) is 19.1. The Bertz CT molecular complexity index is 1080. The molecular weight excluding hydrogens is 524 g/mol. The third-order valence-electron chi connectivity index (χ3n) is 7.02. The minimum absolute atomic E-state index is 0.0295. The van der Waals surface area contributed by atoms with Crippen LogP contribution in [-0.4, -0.2) is 20.3 Å². The molecule has 3 nitrogen and oxygen atoms in total. The lowest BCUT2D eigenvalue weighted by Crippen LogP contribution is -2.26. The van der Waals surface area contributed by atoms with E-state index < -0.39 is 16.2 Å². The van der Waals surface area contributed by atoms with E-state index in [1.54, 1.807) is 6.92 Å². The van der Waals surface area contributed by atoms with Gasteiger partial charge in [-0.15, -0.1) is 0 Å². The van der Waals surface area contributed by atoms with E-state index in [4.69, 9.17) is 4.18 Å². The van der Waals surface area contributed by atoms with Gasteiger partial charge in [0.15, 0.2) is 0 Å². The summed E-state index contributed by atoms with van der Waals surface area (Å²) in [6.45, 7) is 23.0. The molecule has 0 aromatic carbocycles. The molecule has 0 heterocycles. The first-order valence-corrected chi connectivity index (χ1v) is 17.2. The van der Waals surface area contributed by atoms with Crippen LogP contribution in [0.3, 0.4) is 0 Å². The van der Waals surface area contributed by atoms with Crippen molar-refractivity contribution in [1.29, 1.82) is 0 Å². The summed E-state index contributed by atoms with van der Waals surface area (Å²) in [6.07, 6.45) is 24.0. The van der Waals surface area contributed by atoms with Crippen molar-refractivity contribution in [2.24, 2.45) is 5.92 Å². The molecule has 0 aliphatic heterocycles. The van der Waals surface area contributed by atoms with Gasteiger partial charge in [0.05, 0.1) is 5.75 Å². The maximum atomic E-state index is 12.7. The summed E-state index contributed by atoms with van der Waals surface area (Å²) in [6, 6.07) is 0. The van der Waals surface area contributed by atoms with E-state index in [0.717, 1.165) is 63.4 Å². The van der Waals surface area contributed by atoms with Gasteiger partial charge < -0.3 is 0 Å². The topological polar surface area (TPSA) is 43.4 Å². The van der Waals surface area contributed by atoms with Gasteiger partial charge in [-0.3, -0.25) is 4.18 Å². The van der Waals surface area contributed by atoms with Crippen LogP contribution < -0.4 is 0 Å². The average molecular weight is 587 g/mol. The van der Waals surface area contributed by atoms with Crippen LogP contribution in [0.25, 0.3) is 0 Å². The summed E-state index contributed by atoms with van der Waals surface area (Å²) in [5, 5.41) is 0. The Morgan fingerprint density at radius 1 is 0.561 bits per heavy atom. The quantitative estimate of drug-likeness (QED) is 0.105. The zero-order chi connectivity index (χ0) is 31.4. The average Bonchev–Trinajstić information content (AvgIpc) is 2.85. The maximum absolute atomic E-state index is 12.7. The van der Waals surface area contributed by atoms with E-state index in [1.165, 1.54) is 33.4 Å². The van der Waals surface area contributed by atoms with Gasteiger partial charge in [0.25, 0.3) is 10.1 Å². The SMILES string of the molecule is CCS(=O)(=O)OC(/C=C(\C)CCC=C(C)C)C(/C=C(\C)CCC=C(C)C)CC=C(C)CCC=C(C)CCC=C(C)C. The first kappa shape index (κ1) is 39.1. The molecule has 0 aromatic rings. The molecule has 0 aromatic heterocycles. The van der Waals surface area contributed by atoms with Crippen LogP contribution >= 0.6 is 0 Å². The van der Waals surface area contributed by atoms with E-state index in [9.17, 15) is 8.42 Å². The van der Waals surface area contributed by atoms with E-state index >= 15 is 0 Å². The van der Waals surface area contributed by atoms with Gasteiger partial charge in [-0.25, -0.2) is 0 Å². The molecule has 0 rings (SSSR count). The molecule has 0 spiro atoms. The van der Waals surface area contributed by atoms with Gasteiger partial charge in [0.2, 0.25) is 0 Å². The number of allylic oxidation sites excluding steroid dienone is 12. The van der Waals surface area contributed by atoms with E-state index in [0.29, 0.717) is 0 Å². The molecule has 0 aliphatic rings. The van der Waals surface area contributed by atoms with Gasteiger partial charge in [-0.05, 0) is 134 Å². The number of hydrogen-bond donors (Lipinski definition) is 0. The van der Waals surface area contributed by atoms with Gasteiger partial charge in [0.1, 0.15) is 6.10 Å². The summed E-state index contributed by atoms with van der Waals surface area (Å²) in [5.41, 5.74) is 9.19. The van der Waals surface area contributed by atoms with Gasteiger partial charge in [-0.1, -0.05) is 81.5 Å². The van der Waals surface area contributed by atoms with Crippen molar-refractivity contribution < 1.29 is 12.6 Å². The summed E-state index contributed by atoms with van der Waals surface area (Å²) >= 11 is 0. The van der Waals surface area contributed by atoms with E-state index in [1.807, 2.05) is 0 Å². The van der Waals surface area contributed by atoms with E-state index in [2.05, 4.69) is 112 Å². The van der Waals surface area contributed by atoms with Crippen molar-refractivity contribution in [3.8, 4) is 0 Å². The third kappa shape index (κ3) is 22.4. The van der Waals surface area contributed by atoms with Crippen LogP contribution in [0.5, 0.6) is 0 Å². The van der Waals surface area contributed by atoms with Crippen LogP contribution in [0.2, 0.25) is 0 Å². The first-order valence-electron chi connectivity index (χ1n) is 15.6. The number of rotatable bonds is 20. The Morgan fingerprint density at radius 2 is 0.951 bits per heavy atom. The molecule has 0 amide bonds. The van der Waals surface area contributed by atoms with Gasteiger partial charge in [-0.2, -0.15) is 8.42 Å². The van der Waals surface area contributed by atoms with Crippen LogP contribution in [0.4, 0.5) is 0 Å². The zero-order valence-electron chi connectivity index (χ0n) is 28.4. The molecule has 0 radical (unpaired) electrons. The normalized spacial score (nSPS) is 14.9. The van der Waals surface area contributed by atoms with Crippen molar-refractivity contribution in [3.63, 3.8) is 0 Å². The fourth-order valence-electron chi connectivity index (χ4n) is 4.42. The molecule has 234 valence electrons. The highest BCUT2D eigenvalue weighted by Gasteiger charge is 2.24. The molecule has 0 bridgehead atoms. The van der Waals surface area contributed by atoms with Crippen molar-refractivity contribution in [3.05, 3.63) is 81.5 Å². The smallest absolute Gasteiger partial charge is 0.262 e. The summed E-state index contributed by atoms with van der Waals surface area (Å²) in [7, 11) is -3.61. The highest BCUT2D eigenvalue weighted by Crippen LogP contribution is 2.25. The standard InChI is InChI=1S/C37H62O3S/c1-12-41(38,39)40-37(28-35(11)24-15-19-31(6)7)36(27-34(10)23-14-18-30(4)5)26-25-33(9)22-16-21-32(8)20-13-17-29(2)3/h17-19,21,25,27-28,36-37H,12-16,20,22-24,26H2,1-11H3/b32-21?,33-25?,34-27+,35-28+. The Balaban J connectivity index is 5.99. The van der Waals surface area contributed by atoms with Crippen LogP contribution in [0.1, 0.15) is 134 Å². The van der Waals surface area contributed by atoms with Crippen molar-refractivity contribution in [1.82, 2.24) is 0 Å². The lowest BCUT2D eigenvalue weighted by atomic mass is 9.91. The predicted octanol–water partition coefficient (Wildman–Crippen LogP) is 11.5. The maximum Gasteiger partial charge on any atom is 0.267 e. The van der Waals surface area contributed by atoms with Crippen molar-refractivity contribution >= 4 is 10.1 Å². The van der Waals surface area contributed by atoms with Gasteiger partial charge >= 0.3 is 0 Å². The molecular formula is C37H62O3S. The molecule has 4 heteroatoms. The summed E-state index contributed by atoms with van der Waals surface area (Å²) in [4.78, 5) is 0. The fraction of sp³-hybridized carbons (Fsp3) is 0.622. The largest absolute Gasteiger partial charge is 0.267 e. The second-order valence-corrected chi connectivity index (χ2v) is 14.3. The predicted molar refractivity (Wildman–Crippen MR) is 183 cm³/mol. The van der Waals surface area contributed by atoms with Crippen LogP contribution in [0, 0.1) is 5.92 Å². The summed E-state index contributed by atoms with van der Waals surface area (Å²) < 4.78 is 31.2. The lowest BCUT2D eigenvalue weighted by molar-refractivity contribution is 0.209. The Hall–Kier alpha value is -1.91. The molecule has 2 atom stereocenters. The minimum Gasteiger partial charge on any atom is -0.262 e. The van der Waals surface area contributed by atoms with Crippen LogP contribution in [-0.2, 0) is 14.3 Å². The Labute approximate surface area is 255 Å². The second-order valence-electron chi connectivity index (χ2n) is 12.4. The second kappa shape index (κ2) is 21.7. The monoisotopic (exact) mass is 586 g/mol. The van der Waals surface area contributed by atoms with Gasteiger partial charge in [0, 0.05) is 5.92 Å². The number of hydrogen-bond acceptors (Lipinski definition) is 3. The zero-order valence-corrected chi connectivity index (χ0v) is 29.2. The fourth-order valence-corrected chi connectivity index (χ4v) is 5.10. The highest BCUT2D eigenvalue weighted by molar-refractivity contribution is 7.86. The Kier molecular flexibility index (Phi) is 20.7. The Morgan fingerprint density at radius 3 is 1.39 bits per heavy atom. The van der Waals surface area contributed by atoms with E-state index in [-0.39, 0.29) is 11.7 Å². The van der Waals surface area contributed by atoms with Crippen molar-refractivity contribution in [2.75, 3.05) is 5.75 Å². The van der Waals surface area contributed by atoms with Crippen molar-refractivity contribution in [2.45, 2.75) is 140 Å². The molecule has 0 saturated carbocycles. The molecule has 0 saturated heterocycles. The molecule has 0 N–H and O–H groups in total. The highest BCUT2D eigenvalue weighted by atomic mass is 32.2. The molecule has 2 unspecified atom stereocenters. The molecule has 41 heavy (non-hydrogen) atoms. The van der Waals surface area contributed by atoms with Crippen LogP contribution in [0.15, 0.2) is 81.5 Å². The molecule has 0 aliphatic carbocycles. The lowest BCUT2D eigenvalue weighted by Gasteiger charge is -2.23. The third-order valence-corrected chi connectivity index (χ3v) is 8.25. The summed E-state index contributed by atoms with van der Waals surface area (Å²) in [5.74, 6) is -0.0871. The molecule has 0 fully saturated rings.